The average Bonchev–Trinajstić information content (AvgIpc) is 2.92. The Kier molecular flexibility index (Phi) is 5.64. The highest BCUT2D eigenvalue weighted by Gasteiger charge is 2.19. The van der Waals surface area contributed by atoms with Crippen molar-refractivity contribution >= 4 is 23.6 Å². The van der Waals surface area contributed by atoms with Crippen LogP contribution in [-0.4, -0.2) is 40.5 Å². The van der Waals surface area contributed by atoms with E-state index in [-0.39, 0.29) is 24.7 Å². The number of benzene rings is 1. The maximum absolute atomic E-state index is 11.8. The van der Waals surface area contributed by atoms with Gasteiger partial charge in [0.15, 0.2) is 0 Å². The first kappa shape index (κ1) is 15.9. The topological polar surface area (TPSA) is 86.6 Å². The molecule has 1 aliphatic rings. The van der Waals surface area contributed by atoms with E-state index in [0.29, 0.717) is 0 Å². The van der Waals surface area contributed by atoms with Crippen LogP contribution in [0.4, 0.5) is 0 Å². The molecule has 1 aliphatic carbocycles. The van der Waals surface area contributed by atoms with Gasteiger partial charge in [-0.3, -0.25) is 4.79 Å². The van der Waals surface area contributed by atoms with Gasteiger partial charge in [0.25, 0.3) is 0 Å². The first-order chi connectivity index (χ1) is 10.1. The van der Waals surface area contributed by atoms with Crippen molar-refractivity contribution in [3.63, 3.8) is 0 Å². The van der Waals surface area contributed by atoms with Crippen molar-refractivity contribution < 1.29 is 19.8 Å². The van der Waals surface area contributed by atoms with Crippen LogP contribution < -0.4 is 5.32 Å². The van der Waals surface area contributed by atoms with Gasteiger partial charge in [-0.1, -0.05) is 6.07 Å². The van der Waals surface area contributed by atoms with Crippen LogP contribution in [0.25, 0.3) is 0 Å². The minimum Gasteiger partial charge on any atom is -0.480 e. The molecule has 0 aromatic heterocycles. The molecule has 1 aromatic carbocycles. The number of carboxylic acid groups (broad SMARTS) is 1. The van der Waals surface area contributed by atoms with Crippen LogP contribution in [0, 0.1) is 0 Å². The predicted octanol–water partition coefficient (Wildman–Crippen LogP) is 1.22. The van der Waals surface area contributed by atoms with E-state index in [1.54, 1.807) is 0 Å². The van der Waals surface area contributed by atoms with Gasteiger partial charge in [0.2, 0.25) is 5.91 Å². The number of carbonyl (C=O) groups excluding carboxylic acids is 1. The minimum absolute atomic E-state index is 0.0184. The molecule has 0 spiro atoms. The van der Waals surface area contributed by atoms with E-state index in [4.69, 9.17) is 10.2 Å². The Labute approximate surface area is 127 Å². The monoisotopic (exact) mass is 309 g/mol. The number of carboxylic acids is 1. The number of nitrogens with one attached hydrogen (secondary N) is 1. The summed E-state index contributed by atoms with van der Waals surface area (Å²) in [7, 11) is 0. The molecule has 3 N–H and O–H groups in total. The Morgan fingerprint density at radius 3 is 2.76 bits per heavy atom. The van der Waals surface area contributed by atoms with Gasteiger partial charge in [0.05, 0.1) is 5.75 Å². The van der Waals surface area contributed by atoms with Crippen LogP contribution in [-0.2, 0) is 22.4 Å². The summed E-state index contributed by atoms with van der Waals surface area (Å²) >= 11 is 1.40. The van der Waals surface area contributed by atoms with Gasteiger partial charge in [0, 0.05) is 17.9 Å². The third kappa shape index (κ3) is 4.47. The molecule has 0 radical (unpaired) electrons. The van der Waals surface area contributed by atoms with E-state index in [9.17, 15) is 9.59 Å². The molecule has 0 aliphatic heterocycles. The van der Waals surface area contributed by atoms with Gasteiger partial charge in [-0.25, -0.2) is 4.79 Å². The number of thioether (sulfide) groups is 1. The van der Waals surface area contributed by atoms with Crippen molar-refractivity contribution in [3.05, 3.63) is 29.3 Å². The molecule has 0 fully saturated rings. The standard InChI is InChI=1S/C15H19NO4S/c17-7-6-13(15(19)20)16-14(18)9-21-12-5-4-10-2-1-3-11(10)8-12/h4-5,8,13,17H,1-3,6-7,9H2,(H,16,18)(H,19,20). The van der Waals surface area contributed by atoms with Crippen LogP contribution in [0.15, 0.2) is 23.1 Å². The largest absolute Gasteiger partial charge is 0.480 e. The lowest BCUT2D eigenvalue weighted by Crippen LogP contribution is -2.42. The fraction of sp³-hybridized carbons (Fsp3) is 0.467. The van der Waals surface area contributed by atoms with Crippen molar-refractivity contribution in [1.29, 1.82) is 0 Å². The highest BCUT2D eigenvalue weighted by atomic mass is 32.2. The third-order valence-electron chi connectivity index (χ3n) is 3.49. The number of hydrogen-bond donors (Lipinski definition) is 3. The summed E-state index contributed by atoms with van der Waals surface area (Å²) in [5.41, 5.74) is 2.74. The van der Waals surface area contributed by atoms with Crippen LogP contribution in [0.2, 0.25) is 0 Å². The van der Waals surface area contributed by atoms with Crippen molar-refractivity contribution in [1.82, 2.24) is 5.32 Å². The molecule has 0 heterocycles. The lowest BCUT2D eigenvalue weighted by molar-refractivity contribution is -0.141. The molecule has 0 saturated heterocycles. The average molecular weight is 309 g/mol. The van der Waals surface area contributed by atoms with Crippen LogP contribution in [0.1, 0.15) is 24.0 Å². The molecule has 6 heteroatoms. The first-order valence-corrected chi connectivity index (χ1v) is 7.96. The lowest BCUT2D eigenvalue weighted by atomic mass is 10.1. The summed E-state index contributed by atoms with van der Waals surface area (Å²) in [6.07, 6.45) is 3.42. The van der Waals surface area contributed by atoms with Gasteiger partial charge in [0.1, 0.15) is 6.04 Å². The van der Waals surface area contributed by atoms with Gasteiger partial charge < -0.3 is 15.5 Å². The van der Waals surface area contributed by atoms with E-state index in [0.717, 1.165) is 17.7 Å². The van der Waals surface area contributed by atoms with Crippen molar-refractivity contribution in [2.24, 2.45) is 0 Å². The quantitative estimate of drug-likeness (QED) is 0.659. The fourth-order valence-corrected chi connectivity index (χ4v) is 3.18. The van der Waals surface area contributed by atoms with Gasteiger partial charge in [-0.2, -0.15) is 0 Å². The van der Waals surface area contributed by atoms with Crippen molar-refractivity contribution in [2.45, 2.75) is 36.6 Å². The summed E-state index contributed by atoms with van der Waals surface area (Å²) in [5.74, 6) is -1.28. The van der Waals surface area contributed by atoms with Crippen molar-refractivity contribution in [3.8, 4) is 0 Å². The number of hydrogen-bond acceptors (Lipinski definition) is 4. The summed E-state index contributed by atoms with van der Waals surface area (Å²) in [6.45, 7) is -0.269. The van der Waals surface area contributed by atoms with Crippen molar-refractivity contribution in [2.75, 3.05) is 12.4 Å². The molecule has 1 unspecified atom stereocenters. The van der Waals surface area contributed by atoms with E-state index in [2.05, 4.69) is 17.4 Å². The third-order valence-corrected chi connectivity index (χ3v) is 4.48. The minimum atomic E-state index is -1.13. The van der Waals surface area contributed by atoms with Gasteiger partial charge in [-0.05, 0) is 42.5 Å². The molecule has 21 heavy (non-hydrogen) atoms. The summed E-state index contributed by atoms with van der Waals surface area (Å²) in [4.78, 5) is 23.7. The molecule has 5 nitrogen and oxygen atoms in total. The zero-order valence-electron chi connectivity index (χ0n) is 11.7. The second-order valence-corrected chi connectivity index (χ2v) is 6.09. The molecule has 0 bridgehead atoms. The fourth-order valence-electron chi connectivity index (χ4n) is 2.41. The zero-order chi connectivity index (χ0) is 15.2. The Bertz CT molecular complexity index is 532. The number of aliphatic carboxylic acids is 1. The van der Waals surface area contributed by atoms with E-state index < -0.39 is 12.0 Å². The number of amides is 1. The summed E-state index contributed by atoms with van der Waals surface area (Å²) < 4.78 is 0. The second-order valence-electron chi connectivity index (χ2n) is 5.04. The zero-order valence-corrected chi connectivity index (χ0v) is 12.5. The summed E-state index contributed by atoms with van der Waals surface area (Å²) in [5, 5.41) is 20.1. The molecular formula is C15H19NO4S. The predicted molar refractivity (Wildman–Crippen MR) is 80.5 cm³/mol. The van der Waals surface area contributed by atoms with E-state index in [1.807, 2.05) is 6.07 Å². The molecule has 0 saturated carbocycles. The molecule has 1 aromatic rings. The molecular weight excluding hydrogens is 290 g/mol. The van der Waals surface area contributed by atoms with E-state index >= 15 is 0 Å². The van der Waals surface area contributed by atoms with Gasteiger partial charge in [-0.15, -0.1) is 11.8 Å². The normalized spacial score (nSPS) is 14.5. The second kappa shape index (κ2) is 7.47. The molecule has 114 valence electrons. The highest BCUT2D eigenvalue weighted by molar-refractivity contribution is 8.00. The maximum Gasteiger partial charge on any atom is 0.326 e. The molecule has 1 amide bonds. The maximum atomic E-state index is 11.8. The number of carbonyl (C=O) groups is 2. The smallest absolute Gasteiger partial charge is 0.326 e. The number of aliphatic hydroxyl groups excluding tert-OH is 1. The SMILES string of the molecule is O=C(CSc1ccc2c(c1)CCC2)NC(CCO)C(=O)O. The summed E-state index contributed by atoms with van der Waals surface area (Å²) in [6, 6.07) is 5.20. The number of aliphatic hydroxyl groups is 1. The Morgan fingerprint density at radius 1 is 1.29 bits per heavy atom. The Hall–Kier alpha value is -1.53. The van der Waals surface area contributed by atoms with Crippen LogP contribution >= 0.6 is 11.8 Å². The lowest BCUT2D eigenvalue weighted by Gasteiger charge is -2.13. The highest BCUT2D eigenvalue weighted by Crippen LogP contribution is 2.27. The number of aryl methyl sites for hydroxylation is 2. The van der Waals surface area contributed by atoms with Gasteiger partial charge >= 0.3 is 5.97 Å². The van der Waals surface area contributed by atoms with Crippen LogP contribution in [0.5, 0.6) is 0 Å². The number of rotatable bonds is 7. The van der Waals surface area contributed by atoms with E-state index in [1.165, 1.54) is 29.3 Å². The number of fused-ring (bicyclic) bond motifs is 1. The molecule has 2 rings (SSSR count). The Morgan fingerprint density at radius 2 is 2.05 bits per heavy atom. The van der Waals surface area contributed by atoms with Crippen LogP contribution in [0.3, 0.4) is 0 Å². The molecule has 1 atom stereocenters. The Balaban J connectivity index is 1.84. The first-order valence-electron chi connectivity index (χ1n) is 6.98.